The number of ether oxygens (including phenoxy) is 1. The Morgan fingerprint density at radius 1 is 1.09 bits per heavy atom. The molecule has 2 aromatic carbocycles. The summed E-state index contributed by atoms with van der Waals surface area (Å²) >= 11 is 0. The summed E-state index contributed by atoms with van der Waals surface area (Å²) < 4.78 is 5.16. The monoisotopic (exact) mass is 293 g/mol. The van der Waals surface area contributed by atoms with E-state index in [1.165, 1.54) is 0 Å². The predicted molar refractivity (Wildman–Crippen MR) is 85.1 cm³/mol. The van der Waals surface area contributed by atoms with Crippen LogP contribution >= 0.6 is 0 Å². The molecule has 0 heterocycles. The van der Waals surface area contributed by atoms with Gasteiger partial charge in [0.05, 0.1) is 12.7 Å². The summed E-state index contributed by atoms with van der Waals surface area (Å²) in [6, 6.07) is 21.4. The van der Waals surface area contributed by atoms with Crippen molar-refractivity contribution in [2.45, 2.75) is 19.8 Å². The van der Waals surface area contributed by atoms with Gasteiger partial charge in [0.25, 0.3) is 0 Å². The van der Waals surface area contributed by atoms with Gasteiger partial charge in [-0.15, -0.1) is 0 Å². The second-order valence-corrected chi connectivity index (χ2v) is 5.29. The average Bonchev–Trinajstić information content (AvgIpc) is 2.57. The number of benzene rings is 2. The number of carbonyl (C=O) groups excluding carboxylic acids is 1. The van der Waals surface area contributed by atoms with E-state index in [1.54, 1.807) is 13.8 Å². The maximum absolute atomic E-state index is 12.4. The number of hydrogen-bond donors (Lipinski definition) is 0. The van der Waals surface area contributed by atoms with Gasteiger partial charge < -0.3 is 4.74 Å². The molecule has 0 aromatic heterocycles. The Labute approximate surface area is 131 Å². The zero-order chi connectivity index (χ0) is 16.0. The standard InChI is InChI=1S/C19H19NO2/c1-3-22-18(21)19(2,14-20)17(15-10-6-4-7-11-15)16-12-8-5-9-13-16/h4-13,17H,3H2,1-2H3/t19-/m0/s1. The quantitative estimate of drug-likeness (QED) is 0.785. The third-order valence-electron chi connectivity index (χ3n) is 3.77. The lowest BCUT2D eigenvalue weighted by Crippen LogP contribution is -2.35. The fraction of sp³-hybridized carbons (Fsp3) is 0.263. The molecule has 0 aliphatic rings. The molecule has 0 bridgehead atoms. The predicted octanol–water partition coefficient (Wildman–Crippen LogP) is 3.91. The summed E-state index contributed by atoms with van der Waals surface area (Å²) in [7, 11) is 0. The second kappa shape index (κ2) is 6.91. The number of hydrogen-bond acceptors (Lipinski definition) is 3. The molecule has 0 unspecified atom stereocenters. The van der Waals surface area contributed by atoms with Crippen LogP contribution in [0, 0.1) is 16.7 Å². The van der Waals surface area contributed by atoms with Gasteiger partial charge in [0.1, 0.15) is 0 Å². The first kappa shape index (κ1) is 15.8. The van der Waals surface area contributed by atoms with Gasteiger partial charge in [0.15, 0.2) is 5.41 Å². The maximum Gasteiger partial charge on any atom is 0.327 e. The van der Waals surface area contributed by atoms with Gasteiger partial charge in [0.2, 0.25) is 0 Å². The molecule has 0 amide bonds. The summed E-state index contributed by atoms with van der Waals surface area (Å²) in [5, 5.41) is 9.72. The summed E-state index contributed by atoms with van der Waals surface area (Å²) in [5.41, 5.74) is 0.565. The van der Waals surface area contributed by atoms with Crippen LogP contribution in [-0.2, 0) is 9.53 Å². The lowest BCUT2D eigenvalue weighted by molar-refractivity contribution is -0.151. The Kier molecular flexibility index (Phi) is 4.95. The highest BCUT2D eigenvalue weighted by Gasteiger charge is 2.44. The molecular formula is C19H19NO2. The van der Waals surface area contributed by atoms with E-state index < -0.39 is 11.4 Å². The summed E-state index contributed by atoms with van der Waals surface area (Å²) in [6.07, 6.45) is 0. The Hall–Kier alpha value is -2.60. The van der Waals surface area contributed by atoms with Crippen molar-refractivity contribution in [2.75, 3.05) is 6.61 Å². The highest BCUT2D eigenvalue weighted by Crippen LogP contribution is 2.41. The number of esters is 1. The minimum absolute atomic E-state index is 0.256. The highest BCUT2D eigenvalue weighted by molar-refractivity contribution is 5.82. The number of nitriles is 1. The van der Waals surface area contributed by atoms with E-state index in [9.17, 15) is 10.1 Å². The van der Waals surface area contributed by atoms with Gasteiger partial charge in [-0.25, -0.2) is 0 Å². The molecule has 0 aliphatic carbocycles. The van der Waals surface area contributed by atoms with Gasteiger partial charge in [0, 0.05) is 5.92 Å². The van der Waals surface area contributed by atoms with Gasteiger partial charge in [-0.2, -0.15) is 5.26 Å². The van der Waals surface area contributed by atoms with E-state index in [2.05, 4.69) is 6.07 Å². The molecule has 1 atom stereocenters. The molecule has 3 nitrogen and oxygen atoms in total. The Morgan fingerprint density at radius 3 is 1.91 bits per heavy atom. The van der Waals surface area contributed by atoms with Crippen molar-refractivity contribution in [2.24, 2.45) is 5.41 Å². The Bertz CT molecular complexity index is 621. The maximum atomic E-state index is 12.4. The number of nitrogens with zero attached hydrogens (tertiary/aromatic N) is 1. The van der Waals surface area contributed by atoms with Crippen LogP contribution in [0.25, 0.3) is 0 Å². The third kappa shape index (κ3) is 3.01. The SMILES string of the molecule is CCOC(=O)[C@@](C)(C#N)C(c1ccccc1)c1ccccc1. The average molecular weight is 293 g/mol. The molecule has 0 spiro atoms. The lowest BCUT2D eigenvalue weighted by Gasteiger charge is -2.30. The smallest absolute Gasteiger partial charge is 0.327 e. The van der Waals surface area contributed by atoms with Gasteiger partial charge in [-0.3, -0.25) is 4.79 Å². The van der Waals surface area contributed by atoms with Crippen molar-refractivity contribution in [1.82, 2.24) is 0 Å². The van der Waals surface area contributed by atoms with Crippen LogP contribution < -0.4 is 0 Å². The molecule has 22 heavy (non-hydrogen) atoms. The van der Waals surface area contributed by atoms with E-state index in [1.807, 2.05) is 60.7 Å². The van der Waals surface area contributed by atoms with E-state index in [-0.39, 0.29) is 12.5 Å². The van der Waals surface area contributed by atoms with E-state index >= 15 is 0 Å². The van der Waals surface area contributed by atoms with Crippen LogP contribution in [0.1, 0.15) is 30.9 Å². The molecule has 3 heteroatoms. The largest absolute Gasteiger partial charge is 0.465 e. The summed E-state index contributed by atoms with van der Waals surface area (Å²) in [6.45, 7) is 3.65. The van der Waals surface area contributed by atoms with Crippen LogP contribution in [0.5, 0.6) is 0 Å². The summed E-state index contributed by atoms with van der Waals surface area (Å²) in [5.74, 6) is -0.867. The van der Waals surface area contributed by atoms with E-state index in [0.717, 1.165) is 11.1 Å². The van der Waals surface area contributed by atoms with E-state index in [4.69, 9.17) is 4.74 Å². The van der Waals surface area contributed by atoms with Gasteiger partial charge >= 0.3 is 5.97 Å². The molecule has 2 aromatic rings. The second-order valence-electron chi connectivity index (χ2n) is 5.29. The fourth-order valence-electron chi connectivity index (χ4n) is 2.66. The molecule has 0 aliphatic heterocycles. The Morgan fingerprint density at radius 2 is 1.55 bits per heavy atom. The van der Waals surface area contributed by atoms with Crippen LogP contribution in [-0.4, -0.2) is 12.6 Å². The number of carbonyl (C=O) groups is 1. The summed E-state index contributed by atoms with van der Waals surface area (Å²) in [4.78, 5) is 12.4. The van der Waals surface area contributed by atoms with Gasteiger partial charge in [-0.05, 0) is 25.0 Å². The highest BCUT2D eigenvalue weighted by atomic mass is 16.5. The van der Waals surface area contributed by atoms with Crippen LogP contribution in [0.4, 0.5) is 0 Å². The van der Waals surface area contributed by atoms with Crippen molar-refractivity contribution in [3.63, 3.8) is 0 Å². The first-order chi connectivity index (χ1) is 10.6. The third-order valence-corrected chi connectivity index (χ3v) is 3.77. The minimum atomic E-state index is -1.28. The first-order valence-corrected chi connectivity index (χ1v) is 7.32. The first-order valence-electron chi connectivity index (χ1n) is 7.32. The minimum Gasteiger partial charge on any atom is -0.465 e. The Balaban J connectivity index is 2.58. The molecule has 0 fully saturated rings. The normalized spacial score (nSPS) is 13.2. The lowest BCUT2D eigenvalue weighted by atomic mass is 9.71. The van der Waals surface area contributed by atoms with Crippen molar-refractivity contribution in [3.8, 4) is 6.07 Å². The van der Waals surface area contributed by atoms with Gasteiger partial charge in [-0.1, -0.05) is 60.7 Å². The van der Waals surface area contributed by atoms with Crippen molar-refractivity contribution in [3.05, 3.63) is 71.8 Å². The molecule has 112 valence electrons. The molecule has 2 rings (SSSR count). The molecule has 0 saturated carbocycles. The van der Waals surface area contributed by atoms with Crippen LogP contribution in [0.3, 0.4) is 0 Å². The van der Waals surface area contributed by atoms with Crippen LogP contribution in [0.2, 0.25) is 0 Å². The topological polar surface area (TPSA) is 50.1 Å². The molecule has 0 N–H and O–H groups in total. The molecule has 0 radical (unpaired) electrons. The van der Waals surface area contributed by atoms with Crippen molar-refractivity contribution < 1.29 is 9.53 Å². The zero-order valence-electron chi connectivity index (χ0n) is 12.8. The molecular weight excluding hydrogens is 274 g/mol. The zero-order valence-corrected chi connectivity index (χ0v) is 12.8. The van der Waals surface area contributed by atoms with Crippen molar-refractivity contribution >= 4 is 5.97 Å². The van der Waals surface area contributed by atoms with Crippen LogP contribution in [0.15, 0.2) is 60.7 Å². The number of rotatable bonds is 5. The molecule has 0 saturated heterocycles. The fourth-order valence-corrected chi connectivity index (χ4v) is 2.66. The van der Waals surface area contributed by atoms with E-state index in [0.29, 0.717) is 0 Å². The van der Waals surface area contributed by atoms with Crippen molar-refractivity contribution in [1.29, 1.82) is 5.26 Å².